The van der Waals surface area contributed by atoms with Gasteiger partial charge < -0.3 is 8.75 Å². The van der Waals surface area contributed by atoms with Gasteiger partial charge in [-0.15, -0.1) is 0 Å². The molecule has 0 aliphatic heterocycles. The molecule has 0 aliphatic rings. The average molecular weight is 342 g/mol. The number of halogens is 4. The highest BCUT2D eigenvalue weighted by atomic mass is 35.5. The molecule has 0 N–H and O–H groups in total. The van der Waals surface area contributed by atoms with E-state index in [1.165, 1.54) is 25.2 Å². The highest BCUT2D eigenvalue weighted by Gasteiger charge is 2.49. The molecule has 5 nitrogen and oxygen atoms in total. The van der Waals surface area contributed by atoms with E-state index in [2.05, 4.69) is 4.18 Å². The fourth-order valence-electron chi connectivity index (χ4n) is 1.65. The third-order valence-corrected chi connectivity index (χ3v) is 3.84. The number of alkyl halides is 3. The van der Waals surface area contributed by atoms with Crippen molar-refractivity contribution in [3.05, 3.63) is 39.6 Å². The first-order chi connectivity index (χ1) is 9.53. The lowest BCUT2D eigenvalue weighted by Crippen LogP contribution is -2.31. The van der Waals surface area contributed by atoms with Crippen LogP contribution in [0.5, 0.6) is 5.75 Å². The molecule has 0 amide bonds. The van der Waals surface area contributed by atoms with Crippen LogP contribution in [0.25, 0.3) is 10.9 Å². The molecule has 0 bridgehead atoms. The molecule has 2 aromatic rings. The molecule has 0 unspecified atom stereocenters. The lowest BCUT2D eigenvalue weighted by Gasteiger charge is -2.11. The maximum Gasteiger partial charge on any atom is 0.534 e. The second-order valence-electron chi connectivity index (χ2n) is 4.06. The van der Waals surface area contributed by atoms with Crippen molar-refractivity contribution in [1.82, 2.24) is 4.57 Å². The van der Waals surface area contributed by atoms with Crippen LogP contribution < -0.4 is 9.74 Å². The van der Waals surface area contributed by atoms with Crippen molar-refractivity contribution >= 4 is 32.6 Å². The Balaban J connectivity index is 2.66. The van der Waals surface area contributed by atoms with E-state index in [-0.39, 0.29) is 10.4 Å². The Labute approximate surface area is 121 Å². The van der Waals surface area contributed by atoms with Crippen LogP contribution in [0.4, 0.5) is 13.2 Å². The highest BCUT2D eigenvalue weighted by molar-refractivity contribution is 7.88. The summed E-state index contributed by atoms with van der Waals surface area (Å²) in [7, 11) is -4.65. The monoisotopic (exact) mass is 341 g/mol. The molecule has 1 heterocycles. The summed E-state index contributed by atoms with van der Waals surface area (Å²) in [6.07, 6.45) is 0. The van der Waals surface area contributed by atoms with E-state index in [4.69, 9.17) is 11.6 Å². The van der Waals surface area contributed by atoms with E-state index in [0.717, 1.165) is 10.6 Å². The summed E-state index contributed by atoms with van der Waals surface area (Å²) in [6.45, 7) is 0. The normalized spacial score (nSPS) is 12.6. The Morgan fingerprint density at radius 1 is 1.24 bits per heavy atom. The fraction of sp³-hybridized carbons (Fsp3) is 0.182. The van der Waals surface area contributed by atoms with Gasteiger partial charge in [0.25, 0.3) is 5.56 Å². The third kappa shape index (κ3) is 2.84. The Kier molecular flexibility index (Phi) is 3.66. The van der Waals surface area contributed by atoms with Crippen molar-refractivity contribution in [2.75, 3.05) is 0 Å². The van der Waals surface area contributed by atoms with Gasteiger partial charge in [-0.1, -0.05) is 11.6 Å². The van der Waals surface area contributed by atoms with Gasteiger partial charge in [-0.25, -0.2) is 0 Å². The van der Waals surface area contributed by atoms with Crippen molar-refractivity contribution in [2.24, 2.45) is 7.05 Å². The van der Waals surface area contributed by atoms with Crippen molar-refractivity contribution in [2.45, 2.75) is 5.51 Å². The van der Waals surface area contributed by atoms with Gasteiger partial charge in [0.1, 0.15) is 0 Å². The largest absolute Gasteiger partial charge is 0.534 e. The number of hydrogen-bond acceptors (Lipinski definition) is 4. The molecule has 2 rings (SSSR count). The van der Waals surface area contributed by atoms with Gasteiger partial charge in [0.15, 0.2) is 0 Å². The molecule has 21 heavy (non-hydrogen) atoms. The summed E-state index contributed by atoms with van der Waals surface area (Å²) in [6, 6.07) is 5.22. The van der Waals surface area contributed by atoms with Gasteiger partial charge >= 0.3 is 15.6 Å². The second-order valence-corrected chi connectivity index (χ2v) is 6.03. The van der Waals surface area contributed by atoms with Crippen LogP contribution in [0.1, 0.15) is 0 Å². The van der Waals surface area contributed by atoms with Crippen molar-refractivity contribution in [1.29, 1.82) is 0 Å². The minimum Gasteiger partial charge on any atom is -0.370 e. The minimum atomic E-state index is -5.92. The number of aryl methyl sites for hydroxylation is 1. The smallest absolute Gasteiger partial charge is 0.370 e. The Hall–Kier alpha value is -1.74. The molecule has 10 heteroatoms. The Morgan fingerprint density at radius 3 is 2.43 bits per heavy atom. The SMILES string of the molecule is Cn1c(=O)c(OS(=O)(=O)C(F)(F)F)cc2cc(Cl)ccc21. The third-order valence-electron chi connectivity index (χ3n) is 2.64. The first-order valence-corrected chi connectivity index (χ1v) is 7.11. The van der Waals surface area contributed by atoms with Gasteiger partial charge in [-0.05, 0) is 24.3 Å². The quantitative estimate of drug-likeness (QED) is 0.621. The van der Waals surface area contributed by atoms with E-state index in [0.29, 0.717) is 5.52 Å². The van der Waals surface area contributed by atoms with Gasteiger partial charge in [0.05, 0.1) is 5.52 Å². The standard InChI is InChI=1S/C11H7ClF3NO4S/c1-16-8-3-2-7(12)4-6(8)5-9(10(16)17)20-21(18,19)11(13,14)15/h2-5H,1H3. The first kappa shape index (κ1) is 15.6. The zero-order chi connectivity index (χ0) is 16.0. The average Bonchev–Trinajstić information content (AvgIpc) is 2.33. The predicted octanol–water partition coefficient (Wildman–Crippen LogP) is 2.42. The number of nitrogens with zero attached hydrogens (tertiary/aromatic N) is 1. The zero-order valence-corrected chi connectivity index (χ0v) is 11.9. The van der Waals surface area contributed by atoms with Crippen LogP contribution in [-0.4, -0.2) is 18.5 Å². The molecule has 0 fully saturated rings. The van der Waals surface area contributed by atoms with Crippen LogP contribution >= 0.6 is 11.6 Å². The lowest BCUT2D eigenvalue weighted by atomic mass is 10.2. The van der Waals surface area contributed by atoms with E-state index in [1.54, 1.807) is 0 Å². The van der Waals surface area contributed by atoms with Crippen LogP contribution in [0.3, 0.4) is 0 Å². The van der Waals surface area contributed by atoms with E-state index in [1.807, 2.05) is 0 Å². The number of benzene rings is 1. The van der Waals surface area contributed by atoms with E-state index >= 15 is 0 Å². The molecule has 0 saturated heterocycles. The Morgan fingerprint density at radius 2 is 1.86 bits per heavy atom. The van der Waals surface area contributed by atoms with Crippen LogP contribution in [0, 0.1) is 0 Å². The summed E-state index contributed by atoms with van der Waals surface area (Å²) in [5, 5.41) is 0.530. The number of fused-ring (bicyclic) bond motifs is 1. The highest BCUT2D eigenvalue weighted by Crippen LogP contribution is 2.27. The van der Waals surface area contributed by atoms with Gasteiger partial charge in [0.2, 0.25) is 5.75 Å². The van der Waals surface area contributed by atoms with Gasteiger partial charge in [0, 0.05) is 17.5 Å². The number of rotatable bonds is 2. The van der Waals surface area contributed by atoms with Crippen LogP contribution in [0.15, 0.2) is 29.1 Å². The molecule has 0 spiro atoms. The maximum absolute atomic E-state index is 12.3. The van der Waals surface area contributed by atoms with Crippen molar-refractivity contribution in [3.8, 4) is 5.75 Å². The minimum absolute atomic E-state index is 0.261. The summed E-state index contributed by atoms with van der Waals surface area (Å²) < 4.78 is 63.7. The molecule has 0 atom stereocenters. The number of pyridine rings is 1. The number of hydrogen-bond donors (Lipinski definition) is 0. The van der Waals surface area contributed by atoms with Crippen molar-refractivity contribution in [3.63, 3.8) is 0 Å². The summed E-state index contributed by atoms with van der Waals surface area (Å²) >= 11 is 5.74. The molecular formula is C11H7ClF3NO4S. The molecular weight excluding hydrogens is 335 g/mol. The van der Waals surface area contributed by atoms with E-state index in [9.17, 15) is 26.4 Å². The molecule has 1 aromatic heterocycles. The molecule has 0 radical (unpaired) electrons. The Bertz CT molecular complexity index is 873. The molecule has 1 aromatic carbocycles. The van der Waals surface area contributed by atoms with E-state index < -0.39 is 26.9 Å². The lowest BCUT2D eigenvalue weighted by molar-refractivity contribution is -0.0500. The zero-order valence-electron chi connectivity index (χ0n) is 10.3. The van der Waals surface area contributed by atoms with Crippen LogP contribution in [-0.2, 0) is 17.2 Å². The van der Waals surface area contributed by atoms with Crippen LogP contribution in [0.2, 0.25) is 5.02 Å². The van der Waals surface area contributed by atoms with Gasteiger partial charge in [-0.3, -0.25) is 4.79 Å². The second kappa shape index (κ2) is 4.92. The van der Waals surface area contributed by atoms with Gasteiger partial charge in [-0.2, -0.15) is 21.6 Å². The predicted molar refractivity (Wildman–Crippen MR) is 69.8 cm³/mol. The maximum atomic E-state index is 12.3. The molecule has 0 saturated carbocycles. The topological polar surface area (TPSA) is 65.4 Å². The first-order valence-electron chi connectivity index (χ1n) is 5.33. The molecule has 0 aliphatic carbocycles. The summed E-state index contributed by atoms with van der Waals surface area (Å²) in [5.74, 6) is -0.954. The van der Waals surface area contributed by atoms with Crippen molar-refractivity contribution < 1.29 is 25.8 Å². The fourth-order valence-corrected chi connectivity index (χ4v) is 2.28. The summed E-state index contributed by atoms with van der Waals surface area (Å²) in [5.41, 5.74) is -6.28. The summed E-state index contributed by atoms with van der Waals surface area (Å²) in [4.78, 5) is 11.8. The molecule has 114 valence electrons. The number of aromatic nitrogens is 1.